The van der Waals surface area contributed by atoms with E-state index in [9.17, 15) is 4.39 Å². The van der Waals surface area contributed by atoms with Gasteiger partial charge in [0.2, 0.25) is 0 Å². The van der Waals surface area contributed by atoms with Crippen LogP contribution in [0.5, 0.6) is 0 Å². The summed E-state index contributed by atoms with van der Waals surface area (Å²) in [5.41, 5.74) is 3.47. The lowest BCUT2D eigenvalue weighted by Crippen LogP contribution is -2.47. The Bertz CT molecular complexity index is 1030. The summed E-state index contributed by atoms with van der Waals surface area (Å²) < 4.78 is 20.3. The van der Waals surface area contributed by atoms with Crippen LogP contribution in [0.3, 0.4) is 0 Å². The molecule has 0 spiro atoms. The van der Waals surface area contributed by atoms with Gasteiger partial charge in [-0.1, -0.05) is 66.2 Å². The zero-order chi connectivity index (χ0) is 22.1. The number of rotatable bonds is 6. The Hall–Kier alpha value is -1.91. The Morgan fingerprint density at radius 1 is 0.939 bits per heavy atom. The molecule has 174 valence electrons. The minimum absolute atomic E-state index is 0. The van der Waals surface area contributed by atoms with Crippen molar-refractivity contribution >= 4 is 24.0 Å². The molecule has 0 aromatic heterocycles. The summed E-state index contributed by atoms with van der Waals surface area (Å²) in [6, 6.07) is 26.5. The van der Waals surface area contributed by atoms with Crippen LogP contribution in [-0.2, 0) is 4.74 Å². The van der Waals surface area contributed by atoms with Gasteiger partial charge < -0.3 is 9.64 Å². The summed E-state index contributed by atoms with van der Waals surface area (Å²) >= 11 is 6.14. The highest BCUT2D eigenvalue weighted by atomic mass is 35.5. The first-order valence-electron chi connectivity index (χ1n) is 11.5. The number of ether oxygens (including phenoxy) is 1. The van der Waals surface area contributed by atoms with Crippen molar-refractivity contribution in [2.24, 2.45) is 5.92 Å². The number of hydrogen-bond donors (Lipinski definition) is 0. The SMILES string of the molecule is CN1C2CCC1[C@@H](COC(c1ccccc1)c1ccc(Cl)cc1)C(c1ccc(F)cc1)C2.Cl. The second-order valence-electron chi connectivity index (χ2n) is 9.20. The van der Waals surface area contributed by atoms with E-state index in [2.05, 4.69) is 48.3 Å². The van der Waals surface area contributed by atoms with Crippen LogP contribution in [0.15, 0.2) is 78.9 Å². The first-order valence-corrected chi connectivity index (χ1v) is 11.9. The molecule has 2 saturated heterocycles. The fraction of sp³-hybridized carbons (Fsp3) is 0.357. The highest BCUT2D eigenvalue weighted by molar-refractivity contribution is 6.30. The molecular weight excluding hydrogens is 456 g/mol. The topological polar surface area (TPSA) is 12.5 Å². The third-order valence-corrected chi connectivity index (χ3v) is 7.71. The van der Waals surface area contributed by atoms with E-state index in [0.717, 1.165) is 22.6 Å². The first-order chi connectivity index (χ1) is 15.6. The lowest BCUT2D eigenvalue weighted by Gasteiger charge is -2.43. The Kier molecular flexibility index (Phi) is 7.76. The quantitative estimate of drug-likeness (QED) is 0.363. The van der Waals surface area contributed by atoms with E-state index in [-0.39, 0.29) is 24.3 Å². The van der Waals surface area contributed by atoms with Crippen LogP contribution in [0.4, 0.5) is 4.39 Å². The smallest absolute Gasteiger partial charge is 0.123 e. The molecule has 3 aromatic carbocycles. The number of halogens is 3. The Balaban J connectivity index is 0.00000259. The van der Waals surface area contributed by atoms with Crippen molar-refractivity contribution in [3.8, 4) is 0 Å². The molecule has 5 heteroatoms. The molecule has 2 nitrogen and oxygen atoms in total. The molecule has 2 aliphatic rings. The molecule has 2 heterocycles. The minimum Gasteiger partial charge on any atom is -0.368 e. The van der Waals surface area contributed by atoms with Gasteiger partial charge in [0.1, 0.15) is 11.9 Å². The number of hydrogen-bond acceptors (Lipinski definition) is 2. The maximum atomic E-state index is 13.6. The molecule has 0 radical (unpaired) electrons. The summed E-state index contributed by atoms with van der Waals surface area (Å²) in [6.45, 7) is 0.659. The minimum atomic E-state index is -0.177. The van der Waals surface area contributed by atoms with Crippen LogP contribution in [0.1, 0.15) is 48.0 Å². The average molecular weight is 486 g/mol. The molecule has 2 fully saturated rings. The van der Waals surface area contributed by atoms with Gasteiger partial charge in [0.15, 0.2) is 0 Å². The number of piperidine rings is 1. The van der Waals surface area contributed by atoms with Crippen molar-refractivity contribution in [3.63, 3.8) is 0 Å². The van der Waals surface area contributed by atoms with E-state index < -0.39 is 0 Å². The van der Waals surface area contributed by atoms with E-state index in [1.165, 1.54) is 18.4 Å². The molecule has 2 aliphatic heterocycles. The van der Waals surface area contributed by atoms with Gasteiger partial charge in [-0.3, -0.25) is 0 Å². The average Bonchev–Trinajstić information content (AvgIpc) is 3.06. The summed E-state index contributed by atoms with van der Waals surface area (Å²) in [7, 11) is 2.25. The van der Waals surface area contributed by atoms with Crippen LogP contribution in [0, 0.1) is 11.7 Å². The van der Waals surface area contributed by atoms with E-state index in [1.54, 1.807) is 12.1 Å². The molecule has 4 unspecified atom stereocenters. The predicted octanol–water partition coefficient (Wildman–Crippen LogP) is 7.27. The van der Waals surface area contributed by atoms with Gasteiger partial charge in [-0.15, -0.1) is 12.4 Å². The van der Waals surface area contributed by atoms with Crippen LogP contribution in [0.25, 0.3) is 0 Å². The van der Waals surface area contributed by atoms with Crippen molar-refractivity contribution < 1.29 is 9.13 Å². The molecule has 3 aromatic rings. The van der Waals surface area contributed by atoms with E-state index in [1.807, 2.05) is 30.3 Å². The molecule has 0 N–H and O–H groups in total. The predicted molar refractivity (Wildman–Crippen MR) is 135 cm³/mol. The molecule has 33 heavy (non-hydrogen) atoms. The third kappa shape index (κ3) is 5.12. The third-order valence-electron chi connectivity index (χ3n) is 7.46. The standard InChI is InChI=1S/C28H29ClFNO.ClH/c1-31-24-15-16-27(31)26(25(17-24)19-9-13-23(30)14-10-19)18-32-28(20-5-3-2-4-6-20)21-7-11-22(29)12-8-21;/h2-14,24-28H,15-18H2,1H3;1H/t24?,25?,26-,27?,28?;/m0./s1. The summed E-state index contributed by atoms with van der Waals surface area (Å²) in [6.07, 6.45) is 3.38. The molecular formula is C28H30Cl2FNO. The Morgan fingerprint density at radius 3 is 2.30 bits per heavy atom. The highest BCUT2D eigenvalue weighted by Crippen LogP contribution is 2.47. The largest absolute Gasteiger partial charge is 0.368 e. The van der Waals surface area contributed by atoms with E-state index in [0.29, 0.717) is 30.5 Å². The van der Waals surface area contributed by atoms with Gasteiger partial charge in [-0.25, -0.2) is 4.39 Å². The van der Waals surface area contributed by atoms with Crippen molar-refractivity contribution in [1.82, 2.24) is 4.90 Å². The van der Waals surface area contributed by atoms with Gasteiger partial charge in [0.25, 0.3) is 0 Å². The van der Waals surface area contributed by atoms with Gasteiger partial charge >= 0.3 is 0 Å². The first kappa shape index (κ1) is 24.2. The lowest BCUT2D eigenvalue weighted by atomic mass is 9.76. The van der Waals surface area contributed by atoms with Crippen LogP contribution < -0.4 is 0 Å². The van der Waals surface area contributed by atoms with Crippen molar-refractivity contribution in [2.45, 2.75) is 43.4 Å². The summed E-state index contributed by atoms with van der Waals surface area (Å²) in [5, 5.41) is 0.725. The Labute approximate surface area is 207 Å². The molecule has 0 amide bonds. The molecule has 5 atom stereocenters. The van der Waals surface area contributed by atoms with Gasteiger partial charge in [-0.05, 0) is 73.2 Å². The second-order valence-corrected chi connectivity index (χ2v) is 9.63. The fourth-order valence-electron chi connectivity index (χ4n) is 5.76. The lowest BCUT2D eigenvalue weighted by molar-refractivity contribution is -0.00336. The normalized spacial score (nSPS) is 25.4. The van der Waals surface area contributed by atoms with Crippen molar-refractivity contribution in [1.29, 1.82) is 0 Å². The van der Waals surface area contributed by atoms with E-state index in [4.69, 9.17) is 16.3 Å². The summed E-state index contributed by atoms with van der Waals surface area (Å²) in [4.78, 5) is 2.55. The maximum Gasteiger partial charge on any atom is 0.123 e. The molecule has 2 bridgehead atoms. The molecule has 0 saturated carbocycles. The maximum absolute atomic E-state index is 13.6. The Morgan fingerprint density at radius 2 is 1.61 bits per heavy atom. The zero-order valence-corrected chi connectivity index (χ0v) is 20.3. The number of benzene rings is 3. The van der Waals surface area contributed by atoms with Crippen molar-refractivity contribution in [3.05, 3.63) is 106 Å². The zero-order valence-electron chi connectivity index (χ0n) is 18.7. The van der Waals surface area contributed by atoms with E-state index >= 15 is 0 Å². The van der Waals surface area contributed by atoms with Gasteiger partial charge in [0, 0.05) is 23.0 Å². The van der Waals surface area contributed by atoms with Crippen LogP contribution in [-0.4, -0.2) is 30.6 Å². The summed E-state index contributed by atoms with van der Waals surface area (Å²) in [5.74, 6) is 0.568. The second kappa shape index (κ2) is 10.6. The monoisotopic (exact) mass is 485 g/mol. The van der Waals surface area contributed by atoms with Crippen molar-refractivity contribution in [2.75, 3.05) is 13.7 Å². The van der Waals surface area contributed by atoms with Gasteiger partial charge in [0.05, 0.1) is 6.61 Å². The number of nitrogens with zero attached hydrogens (tertiary/aromatic N) is 1. The van der Waals surface area contributed by atoms with Crippen LogP contribution in [0.2, 0.25) is 5.02 Å². The number of fused-ring (bicyclic) bond motifs is 2. The molecule has 5 rings (SSSR count). The fourth-order valence-corrected chi connectivity index (χ4v) is 5.88. The highest BCUT2D eigenvalue weighted by Gasteiger charge is 2.46. The van der Waals surface area contributed by atoms with Gasteiger partial charge in [-0.2, -0.15) is 0 Å². The van der Waals surface area contributed by atoms with Crippen LogP contribution >= 0.6 is 24.0 Å². The molecule has 0 aliphatic carbocycles.